The third-order valence-corrected chi connectivity index (χ3v) is 4.05. The van der Waals surface area contributed by atoms with Gasteiger partial charge in [0.1, 0.15) is 12.1 Å². The summed E-state index contributed by atoms with van der Waals surface area (Å²) in [6.07, 6.45) is 0.889. The molecular weight excluding hydrogens is 267 g/mol. The Morgan fingerprint density at radius 1 is 1.05 bits per heavy atom. The second kappa shape index (κ2) is 5.76. The SMILES string of the molecule is NC(c1ccc(F)cc1)C(C=O)N1Cc2ccccc2C1. The molecule has 108 valence electrons. The number of carbonyl (C=O) groups is 1. The topological polar surface area (TPSA) is 46.3 Å². The van der Waals surface area contributed by atoms with Crippen LogP contribution in [0.2, 0.25) is 0 Å². The highest BCUT2D eigenvalue weighted by Gasteiger charge is 2.30. The van der Waals surface area contributed by atoms with Gasteiger partial charge in [-0.05, 0) is 28.8 Å². The highest BCUT2D eigenvalue weighted by Crippen LogP contribution is 2.28. The van der Waals surface area contributed by atoms with Gasteiger partial charge in [0.15, 0.2) is 0 Å². The number of carbonyl (C=O) groups excluding carboxylic acids is 1. The molecule has 3 rings (SSSR count). The van der Waals surface area contributed by atoms with Gasteiger partial charge in [-0.25, -0.2) is 4.39 Å². The molecule has 2 N–H and O–H groups in total. The molecule has 0 bridgehead atoms. The lowest BCUT2D eigenvalue weighted by molar-refractivity contribution is -0.113. The molecule has 2 atom stereocenters. The molecule has 0 fully saturated rings. The van der Waals surface area contributed by atoms with Gasteiger partial charge in [0.2, 0.25) is 0 Å². The number of nitrogens with two attached hydrogens (primary N) is 1. The lowest BCUT2D eigenvalue weighted by atomic mass is 10.00. The Labute approximate surface area is 123 Å². The van der Waals surface area contributed by atoms with Crippen molar-refractivity contribution in [2.75, 3.05) is 0 Å². The van der Waals surface area contributed by atoms with E-state index in [1.165, 1.54) is 23.3 Å². The number of halogens is 1. The van der Waals surface area contributed by atoms with Crippen LogP contribution in [0.4, 0.5) is 4.39 Å². The maximum atomic E-state index is 13.0. The van der Waals surface area contributed by atoms with Gasteiger partial charge in [-0.15, -0.1) is 0 Å². The van der Waals surface area contributed by atoms with Gasteiger partial charge in [-0.2, -0.15) is 0 Å². The average molecular weight is 284 g/mol. The van der Waals surface area contributed by atoms with E-state index in [0.717, 1.165) is 11.8 Å². The molecule has 21 heavy (non-hydrogen) atoms. The first kappa shape index (κ1) is 13.9. The minimum Gasteiger partial charge on any atom is -0.322 e. The molecule has 0 aliphatic carbocycles. The van der Waals surface area contributed by atoms with Crippen LogP contribution in [0.5, 0.6) is 0 Å². The van der Waals surface area contributed by atoms with Crippen molar-refractivity contribution in [2.24, 2.45) is 5.73 Å². The van der Waals surface area contributed by atoms with E-state index in [0.29, 0.717) is 13.1 Å². The van der Waals surface area contributed by atoms with Gasteiger partial charge in [0.05, 0.1) is 12.1 Å². The molecule has 0 radical (unpaired) electrons. The number of nitrogens with zero attached hydrogens (tertiary/aromatic N) is 1. The summed E-state index contributed by atoms with van der Waals surface area (Å²) in [7, 11) is 0. The molecule has 2 aromatic rings. The van der Waals surface area contributed by atoms with Crippen molar-refractivity contribution in [3.8, 4) is 0 Å². The maximum absolute atomic E-state index is 13.0. The highest BCUT2D eigenvalue weighted by atomic mass is 19.1. The predicted molar refractivity (Wildman–Crippen MR) is 78.9 cm³/mol. The number of hydrogen-bond acceptors (Lipinski definition) is 3. The summed E-state index contributed by atoms with van der Waals surface area (Å²) in [6, 6.07) is 13.3. The van der Waals surface area contributed by atoms with Crippen LogP contribution in [0.3, 0.4) is 0 Å². The molecule has 2 aromatic carbocycles. The smallest absolute Gasteiger partial charge is 0.139 e. The zero-order chi connectivity index (χ0) is 14.8. The molecular formula is C17H17FN2O. The van der Waals surface area contributed by atoms with E-state index in [1.807, 2.05) is 12.1 Å². The predicted octanol–water partition coefficient (Wildman–Crippen LogP) is 2.41. The van der Waals surface area contributed by atoms with E-state index in [9.17, 15) is 9.18 Å². The van der Waals surface area contributed by atoms with Crippen molar-refractivity contribution < 1.29 is 9.18 Å². The summed E-state index contributed by atoms with van der Waals surface area (Å²) in [6.45, 7) is 1.43. The summed E-state index contributed by atoms with van der Waals surface area (Å²) in [5, 5.41) is 0. The molecule has 0 aromatic heterocycles. The highest BCUT2D eigenvalue weighted by molar-refractivity contribution is 5.60. The zero-order valence-electron chi connectivity index (χ0n) is 11.6. The quantitative estimate of drug-likeness (QED) is 0.877. The Balaban J connectivity index is 1.80. The van der Waals surface area contributed by atoms with Gasteiger partial charge >= 0.3 is 0 Å². The fourth-order valence-electron chi connectivity index (χ4n) is 2.85. The molecule has 0 spiro atoms. The van der Waals surface area contributed by atoms with Gasteiger partial charge in [0, 0.05) is 13.1 Å². The van der Waals surface area contributed by atoms with E-state index in [1.54, 1.807) is 12.1 Å². The van der Waals surface area contributed by atoms with Crippen LogP contribution in [0, 0.1) is 5.82 Å². The Bertz CT molecular complexity index is 616. The summed E-state index contributed by atoms with van der Waals surface area (Å²) in [5.74, 6) is -0.304. The number of benzene rings is 2. The van der Waals surface area contributed by atoms with Crippen molar-refractivity contribution >= 4 is 6.29 Å². The summed E-state index contributed by atoms with van der Waals surface area (Å²) < 4.78 is 13.0. The van der Waals surface area contributed by atoms with E-state index < -0.39 is 12.1 Å². The molecule has 4 heteroatoms. The average Bonchev–Trinajstić information content (AvgIpc) is 2.92. The van der Waals surface area contributed by atoms with Crippen molar-refractivity contribution in [3.05, 3.63) is 71.0 Å². The first-order valence-electron chi connectivity index (χ1n) is 6.96. The first-order chi connectivity index (χ1) is 10.2. The Morgan fingerprint density at radius 3 is 2.14 bits per heavy atom. The molecule has 1 heterocycles. The lowest BCUT2D eigenvalue weighted by Gasteiger charge is -2.28. The van der Waals surface area contributed by atoms with Gasteiger partial charge in [-0.1, -0.05) is 36.4 Å². The molecule has 2 unspecified atom stereocenters. The summed E-state index contributed by atoms with van der Waals surface area (Å²) in [4.78, 5) is 13.6. The largest absolute Gasteiger partial charge is 0.322 e. The van der Waals surface area contributed by atoms with E-state index in [-0.39, 0.29) is 5.82 Å². The van der Waals surface area contributed by atoms with E-state index in [2.05, 4.69) is 17.0 Å². The Morgan fingerprint density at radius 2 is 1.62 bits per heavy atom. The third-order valence-electron chi connectivity index (χ3n) is 4.05. The summed E-state index contributed by atoms with van der Waals surface area (Å²) in [5.41, 5.74) is 9.45. The van der Waals surface area contributed by atoms with Gasteiger partial charge in [-0.3, -0.25) is 4.90 Å². The van der Waals surface area contributed by atoms with Crippen molar-refractivity contribution in [1.82, 2.24) is 4.90 Å². The Hall–Kier alpha value is -2.04. The minimum atomic E-state index is -0.461. The molecule has 1 aliphatic heterocycles. The van der Waals surface area contributed by atoms with Crippen molar-refractivity contribution in [3.63, 3.8) is 0 Å². The molecule has 0 saturated carbocycles. The zero-order valence-corrected chi connectivity index (χ0v) is 11.6. The molecule has 1 aliphatic rings. The van der Waals surface area contributed by atoms with E-state index in [4.69, 9.17) is 5.73 Å². The molecule has 0 amide bonds. The van der Waals surface area contributed by atoms with E-state index >= 15 is 0 Å². The fourth-order valence-corrected chi connectivity index (χ4v) is 2.85. The minimum absolute atomic E-state index is 0.304. The van der Waals surface area contributed by atoms with Gasteiger partial charge < -0.3 is 10.5 Å². The molecule has 0 saturated heterocycles. The normalized spacial score (nSPS) is 17.2. The number of aldehydes is 1. The standard InChI is InChI=1S/C17H17FN2O/c18-15-7-5-12(6-8-15)17(19)16(11-21)20-9-13-3-1-2-4-14(13)10-20/h1-8,11,16-17H,9-10,19H2. The van der Waals surface area contributed by atoms with Crippen LogP contribution in [-0.4, -0.2) is 17.2 Å². The summed E-state index contributed by atoms with van der Waals surface area (Å²) >= 11 is 0. The lowest BCUT2D eigenvalue weighted by Crippen LogP contribution is -2.41. The third kappa shape index (κ3) is 2.73. The maximum Gasteiger partial charge on any atom is 0.139 e. The number of hydrogen-bond donors (Lipinski definition) is 1. The second-order valence-electron chi connectivity index (χ2n) is 5.38. The van der Waals surface area contributed by atoms with Crippen LogP contribution in [0.1, 0.15) is 22.7 Å². The first-order valence-corrected chi connectivity index (χ1v) is 6.96. The van der Waals surface area contributed by atoms with Crippen molar-refractivity contribution in [1.29, 1.82) is 0 Å². The van der Waals surface area contributed by atoms with Crippen LogP contribution in [0.15, 0.2) is 48.5 Å². The van der Waals surface area contributed by atoms with Crippen molar-refractivity contribution in [2.45, 2.75) is 25.2 Å². The number of fused-ring (bicyclic) bond motifs is 1. The monoisotopic (exact) mass is 284 g/mol. The van der Waals surface area contributed by atoms with Gasteiger partial charge in [0.25, 0.3) is 0 Å². The van der Waals surface area contributed by atoms with Crippen LogP contribution >= 0.6 is 0 Å². The van der Waals surface area contributed by atoms with Crippen LogP contribution in [-0.2, 0) is 17.9 Å². The second-order valence-corrected chi connectivity index (χ2v) is 5.38. The van der Waals surface area contributed by atoms with Crippen LogP contribution < -0.4 is 5.73 Å². The number of rotatable bonds is 4. The van der Waals surface area contributed by atoms with Crippen LogP contribution in [0.25, 0.3) is 0 Å². The Kier molecular flexibility index (Phi) is 3.82. The fraction of sp³-hybridized carbons (Fsp3) is 0.235. The molecule has 3 nitrogen and oxygen atoms in total.